The predicted molar refractivity (Wildman–Crippen MR) is 96.7 cm³/mol. The Hall–Kier alpha value is -2.51. The van der Waals surface area contributed by atoms with E-state index in [2.05, 4.69) is 15.5 Å². The number of aromatic amines is 1. The van der Waals surface area contributed by atoms with Gasteiger partial charge in [-0.2, -0.15) is 5.10 Å². The van der Waals surface area contributed by atoms with E-state index < -0.39 is 11.2 Å². The van der Waals surface area contributed by atoms with Crippen LogP contribution in [-0.2, 0) is 4.79 Å². The fourth-order valence-electron chi connectivity index (χ4n) is 2.69. The topological polar surface area (TPSA) is 78.0 Å². The maximum absolute atomic E-state index is 14.3. The Kier molecular flexibility index (Phi) is 3.89. The second kappa shape index (κ2) is 6.09. The van der Waals surface area contributed by atoms with Crippen LogP contribution in [0.3, 0.4) is 0 Å². The summed E-state index contributed by atoms with van der Waals surface area (Å²) in [5.74, 6) is -0.876. The zero-order valence-corrected chi connectivity index (χ0v) is 14.1. The standard InChI is InChI=1S/C18H16FN3O2S/c19-13-9-15-12(8-16(13)20-17(24)18(10-23)5-6-18)14(21-22-15)4-3-11-2-1-7-25-11/h1-4,7-9,23H,5-6,10H2,(H,20,24)(H,21,22)/b4-3+. The molecule has 0 unspecified atom stereocenters. The molecule has 128 valence electrons. The monoisotopic (exact) mass is 357 g/mol. The third kappa shape index (κ3) is 2.96. The number of carbonyl (C=O) groups excluding carboxylic acids is 1. The number of amides is 1. The van der Waals surface area contributed by atoms with Crippen molar-refractivity contribution < 1.29 is 14.3 Å². The Morgan fingerprint density at radius 3 is 2.96 bits per heavy atom. The molecule has 0 saturated heterocycles. The van der Waals surface area contributed by atoms with Crippen molar-refractivity contribution in [3.8, 4) is 0 Å². The minimum absolute atomic E-state index is 0.101. The lowest BCUT2D eigenvalue weighted by molar-refractivity contribution is -0.122. The largest absolute Gasteiger partial charge is 0.395 e. The second-order valence-electron chi connectivity index (χ2n) is 6.23. The first-order valence-electron chi connectivity index (χ1n) is 7.93. The van der Waals surface area contributed by atoms with Crippen molar-refractivity contribution in [3.63, 3.8) is 0 Å². The number of hydrogen-bond acceptors (Lipinski definition) is 4. The summed E-state index contributed by atoms with van der Waals surface area (Å²) in [6.07, 6.45) is 5.04. The summed E-state index contributed by atoms with van der Waals surface area (Å²) >= 11 is 1.61. The van der Waals surface area contributed by atoms with Crippen LogP contribution in [0.5, 0.6) is 0 Å². The van der Waals surface area contributed by atoms with Gasteiger partial charge in [-0.25, -0.2) is 4.39 Å². The van der Waals surface area contributed by atoms with Crippen LogP contribution in [0.15, 0.2) is 29.6 Å². The summed E-state index contributed by atoms with van der Waals surface area (Å²) < 4.78 is 14.3. The third-order valence-corrected chi connectivity index (χ3v) is 5.35. The average molecular weight is 357 g/mol. The molecule has 1 aliphatic rings. The smallest absolute Gasteiger partial charge is 0.232 e. The van der Waals surface area contributed by atoms with E-state index in [-0.39, 0.29) is 18.2 Å². The van der Waals surface area contributed by atoms with Crippen LogP contribution >= 0.6 is 11.3 Å². The number of anilines is 1. The normalized spacial score (nSPS) is 15.8. The molecule has 0 aliphatic heterocycles. The minimum atomic E-state index is -0.750. The van der Waals surface area contributed by atoms with Gasteiger partial charge in [-0.15, -0.1) is 11.3 Å². The van der Waals surface area contributed by atoms with Crippen molar-refractivity contribution in [3.05, 3.63) is 46.0 Å². The number of nitrogens with zero attached hydrogens (tertiary/aromatic N) is 1. The van der Waals surface area contributed by atoms with E-state index in [9.17, 15) is 14.3 Å². The number of halogens is 1. The van der Waals surface area contributed by atoms with Gasteiger partial charge in [0.15, 0.2) is 0 Å². The van der Waals surface area contributed by atoms with Crippen molar-refractivity contribution in [2.75, 3.05) is 11.9 Å². The van der Waals surface area contributed by atoms with E-state index in [1.165, 1.54) is 6.07 Å². The highest BCUT2D eigenvalue weighted by Crippen LogP contribution is 2.46. The van der Waals surface area contributed by atoms with Crippen molar-refractivity contribution in [2.45, 2.75) is 12.8 Å². The zero-order valence-electron chi connectivity index (χ0n) is 13.3. The van der Waals surface area contributed by atoms with Crippen molar-refractivity contribution in [1.82, 2.24) is 10.2 Å². The molecule has 2 aromatic heterocycles. The number of aliphatic hydroxyl groups is 1. The maximum atomic E-state index is 14.3. The number of hydrogen-bond donors (Lipinski definition) is 3. The van der Waals surface area contributed by atoms with Crippen LogP contribution in [0.25, 0.3) is 23.1 Å². The number of carbonyl (C=O) groups is 1. The van der Waals surface area contributed by atoms with Gasteiger partial charge in [-0.1, -0.05) is 6.07 Å². The Morgan fingerprint density at radius 2 is 2.28 bits per heavy atom. The third-order valence-electron chi connectivity index (χ3n) is 4.51. The number of aliphatic hydroxyl groups excluding tert-OH is 1. The molecule has 0 spiro atoms. The lowest BCUT2D eigenvalue weighted by Gasteiger charge is -2.13. The quantitative estimate of drug-likeness (QED) is 0.652. The van der Waals surface area contributed by atoms with E-state index in [0.29, 0.717) is 24.1 Å². The van der Waals surface area contributed by atoms with Gasteiger partial charge in [-0.05, 0) is 42.5 Å². The number of H-pyrrole nitrogens is 1. The first kappa shape index (κ1) is 16.0. The lowest BCUT2D eigenvalue weighted by Crippen LogP contribution is -2.27. The summed E-state index contributed by atoms with van der Waals surface area (Å²) in [5.41, 5.74) is 0.580. The van der Waals surface area contributed by atoms with Crippen LogP contribution in [0.2, 0.25) is 0 Å². The van der Waals surface area contributed by atoms with E-state index in [4.69, 9.17) is 0 Å². The van der Waals surface area contributed by atoms with Crippen LogP contribution in [0.4, 0.5) is 10.1 Å². The molecule has 1 fully saturated rings. The van der Waals surface area contributed by atoms with E-state index in [0.717, 1.165) is 10.3 Å². The Morgan fingerprint density at radius 1 is 1.44 bits per heavy atom. The Balaban J connectivity index is 1.65. The van der Waals surface area contributed by atoms with Gasteiger partial charge in [0.25, 0.3) is 0 Å². The number of thiophene rings is 1. The molecule has 3 aromatic rings. The fraction of sp³-hybridized carbons (Fsp3) is 0.222. The van der Waals surface area contributed by atoms with E-state index in [1.54, 1.807) is 17.4 Å². The summed E-state index contributed by atoms with van der Waals surface area (Å²) in [5, 5.41) is 21.7. The average Bonchev–Trinajstić information content (AvgIpc) is 3.06. The van der Waals surface area contributed by atoms with Gasteiger partial charge in [-0.3, -0.25) is 9.89 Å². The maximum Gasteiger partial charge on any atom is 0.232 e. The first-order valence-corrected chi connectivity index (χ1v) is 8.81. The number of fused-ring (bicyclic) bond motifs is 1. The molecule has 1 aromatic carbocycles. The van der Waals surface area contributed by atoms with Gasteiger partial charge in [0.05, 0.1) is 28.9 Å². The molecule has 25 heavy (non-hydrogen) atoms. The molecule has 0 bridgehead atoms. The highest BCUT2D eigenvalue weighted by molar-refractivity contribution is 7.10. The fourth-order valence-corrected chi connectivity index (χ4v) is 3.31. The van der Waals surface area contributed by atoms with Crippen LogP contribution < -0.4 is 5.32 Å². The van der Waals surface area contributed by atoms with Gasteiger partial charge < -0.3 is 10.4 Å². The van der Waals surface area contributed by atoms with Crippen LogP contribution in [-0.4, -0.2) is 27.8 Å². The van der Waals surface area contributed by atoms with Gasteiger partial charge in [0, 0.05) is 16.3 Å². The summed E-state index contributed by atoms with van der Waals surface area (Å²) in [7, 11) is 0. The molecular weight excluding hydrogens is 341 g/mol. The van der Waals surface area contributed by atoms with E-state index >= 15 is 0 Å². The molecule has 0 atom stereocenters. The van der Waals surface area contributed by atoms with Gasteiger partial charge in [0.2, 0.25) is 5.91 Å². The highest BCUT2D eigenvalue weighted by Gasteiger charge is 2.49. The summed E-state index contributed by atoms with van der Waals surface area (Å²) in [4.78, 5) is 13.3. The molecule has 2 heterocycles. The SMILES string of the molecule is O=C(Nc1cc2c(/C=C/c3cccs3)n[nH]c2cc1F)C1(CO)CC1. The summed E-state index contributed by atoms with van der Waals surface area (Å²) in [6, 6.07) is 6.85. The summed E-state index contributed by atoms with van der Waals surface area (Å²) in [6.45, 7) is -0.219. The Labute approximate surface area is 147 Å². The van der Waals surface area contributed by atoms with Gasteiger partial charge in [0.1, 0.15) is 5.82 Å². The molecule has 1 saturated carbocycles. The van der Waals surface area contributed by atoms with Crippen LogP contribution in [0.1, 0.15) is 23.4 Å². The van der Waals surface area contributed by atoms with Crippen LogP contribution in [0, 0.1) is 11.2 Å². The highest BCUT2D eigenvalue weighted by atomic mass is 32.1. The van der Waals surface area contributed by atoms with Crippen molar-refractivity contribution >= 4 is 46.0 Å². The molecule has 3 N–H and O–H groups in total. The number of aromatic nitrogens is 2. The van der Waals surface area contributed by atoms with E-state index in [1.807, 2.05) is 29.7 Å². The van der Waals surface area contributed by atoms with Crippen molar-refractivity contribution in [1.29, 1.82) is 0 Å². The molecule has 4 rings (SSSR count). The molecule has 1 aliphatic carbocycles. The molecule has 1 amide bonds. The molecule has 5 nitrogen and oxygen atoms in total. The molecule has 7 heteroatoms. The lowest BCUT2D eigenvalue weighted by atomic mass is 10.1. The molecular formula is C18H16FN3O2S. The minimum Gasteiger partial charge on any atom is -0.395 e. The first-order chi connectivity index (χ1) is 12.1. The number of rotatable bonds is 5. The zero-order chi connectivity index (χ0) is 17.4. The van der Waals surface area contributed by atoms with Gasteiger partial charge >= 0.3 is 0 Å². The number of benzene rings is 1. The Bertz CT molecular complexity index is 958. The predicted octanol–water partition coefficient (Wildman–Crippen LogP) is 3.64. The van der Waals surface area contributed by atoms with Crippen molar-refractivity contribution in [2.24, 2.45) is 5.41 Å². The second-order valence-corrected chi connectivity index (χ2v) is 7.21. The number of nitrogens with one attached hydrogen (secondary N) is 2. The molecule has 0 radical (unpaired) electrons.